The Labute approximate surface area is 202 Å². The number of nitrogens with one attached hydrogen (secondary N) is 4. The van der Waals surface area contributed by atoms with Gasteiger partial charge in [0, 0.05) is 34.4 Å². The first-order valence-electron chi connectivity index (χ1n) is 11.1. The first-order valence-corrected chi connectivity index (χ1v) is 11.1. The monoisotopic (exact) mass is 485 g/mol. The van der Waals surface area contributed by atoms with Crippen LogP contribution in [0.1, 0.15) is 16.8 Å². The van der Waals surface area contributed by atoms with Crippen molar-refractivity contribution in [3.05, 3.63) is 95.8 Å². The van der Waals surface area contributed by atoms with Crippen molar-refractivity contribution in [3.63, 3.8) is 0 Å². The summed E-state index contributed by atoms with van der Waals surface area (Å²) in [6.45, 7) is 0. The number of alkyl halides is 3. The number of aromatic nitrogens is 3. The van der Waals surface area contributed by atoms with Crippen LogP contribution < -0.4 is 10.6 Å². The molecule has 4 N–H and O–H groups in total. The average Bonchev–Trinajstić information content (AvgIpc) is 3.58. The van der Waals surface area contributed by atoms with Crippen LogP contribution in [0.15, 0.2) is 79.0 Å². The van der Waals surface area contributed by atoms with Crippen LogP contribution in [-0.2, 0) is 11.0 Å². The Morgan fingerprint density at radius 2 is 1.75 bits per heavy atom. The van der Waals surface area contributed by atoms with Gasteiger partial charge in [-0.2, -0.15) is 13.2 Å². The molecule has 0 radical (unpaired) electrons. The van der Waals surface area contributed by atoms with E-state index in [1.807, 2.05) is 48.5 Å². The van der Waals surface area contributed by atoms with Crippen LogP contribution in [0.4, 0.5) is 30.2 Å². The quantitative estimate of drug-likeness (QED) is 0.211. The van der Waals surface area contributed by atoms with Gasteiger partial charge in [0.2, 0.25) is 0 Å². The molecule has 5 aromatic rings. The van der Waals surface area contributed by atoms with Gasteiger partial charge in [0.25, 0.3) is 5.91 Å². The maximum Gasteiger partial charge on any atom is 0.416 e. The fourth-order valence-electron chi connectivity index (χ4n) is 4.24. The Kier molecular flexibility index (Phi) is 4.92. The zero-order valence-corrected chi connectivity index (χ0v) is 18.6. The van der Waals surface area contributed by atoms with Gasteiger partial charge in [0.15, 0.2) is 0 Å². The van der Waals surface area contributed by atoms with Gasteiger partial charge in [-0.3, -0.25) is 4.79 Å². The zero-order chi connectivity index (χ0) is 24.9. The molecule has 36 heavy (non-hydrogen) atoms. The van der Waals surface area contributed by atoms with Crippen molar-refractivity contribution in [2.75, 3.05) is 10.6 Å². The first-order chi connectivity index (χ1) is 17.3. The third-order valence-electron chi connectivity index (χ3n) is 5.96. The van der Waals surface area contributed by atoms with Crippen LogP contribution in [0.25, 0.3) is 34.1 Å². The van der Waals surface area contributed by atoms with Gasteiger partial charge in [-0.15, -0.1) is 0 Å². The molecule has 0 aliphatic carbocycles. The van der Waals surface area contributed by atoms with E-state index in [0.29, 0.717) is 33.7 Å². The molecule has 0 spiro atoms. The van der Waals surface area contributed by atoms with Crippen molar-refractivity contribution in [2.24, 2.45) is 0 Å². The van der Waals surface area contributed by atoms with Gasteiger partial charge in [0.05, 0.1) is 27.9 Å². The number of carbonyl (C=O) groups is 1. The Morgan fingerprint density at radius 1 is 0.917 bits per heavy atom. The Morgan fingerprint density at radius 3 is 2.56 bits per heavy atom. The molecule has 0 atom stereocenters. The third kappa shape index (κ3) is 4.00. The number of fused-ring (bicyclic) bond motifs is 2. The molecule has 0 fully saturated rings. The largest absolute Gasteiger partial charge is 0.416 e. The second-order valence-electron chi connectivity index (χ2n) is 8.42. The van der Waals surface area contributed by atoms with E-state index >= 15 is 0 Å². The molecule has 0 saturated carbocycles. The molecule has 0 bridgehead atoms. The van der Waals surface area contributed by atoms with Gasteiger partial charge in [-0.05, 0) is 60.7 Å². The summed E-state index contributed by atoms with van der Waals surface area (Å²) in [6.07, 6.45) is -0.818. The molecule has 178 valence electrons. The number of halogens is 3. The van der Waals surface area contributed by atoms with Crippen molar-refractivity contribution in [1.82, 2.24) is 15.0 Å². The number of hydrogen-bond acceptors (Lipinski definition) is 3. The van der Waals surface area contributed by atoms with Crippen molar-refractivity contribution < 1.29 is 18.0 Å². The number of H-pyrrole nitrogens is 2. The van der Waals surface area contributed by atoms with Crippen LogP contribution in [0.2, 0.25) is 0 Å². The number of carbonyl (C=O) groups excluding carboxylic acids is 1. The SMILES string of the molecule is O=C1Nc2cc(Nc3ccc4nc(-c5cccc(C(F)(F)F)c5)[nH]c4c3)ccc2C1=Cc1ccc[nH]1. The van der Waals surface area contributed by atoms with Gasteiger partial charge in [0.1, 0.15) is 5.82 Å². The summed E-state index contributed by atoms with van der Waals surface area (Å²) in [6, 6.07) is 19.9. The van der Waals surface area contributed by atoms with Gasteiger partial charge in [-0.25, -0.2) is 4.98 Å². The van der Waals surface area contributed by atoms with Crippen molar-refractivity contribution in [3.8, 4) is 11.4 Å². The number of benzene rings is 3. The molecule has 0 saturated heterocycles. The molecule has 6 rings (SSSR count). The number of hydrogen-bond donors (Lipinski definition) is 4. The second-order valence-corrected chi connectivity index (χ2v) is 8.42. The molecular formula is C27H18F3N5O. The average molecular weight is 485 g/mol. The van der Waals surface area contributed by atoms with Crippen LogP contribution in [-0.4, -0.2) is 20.9 Å². The fourth-order valence-corrected chi connectivity index (χ4v) is 4.24. The zero-order valence-electron chi connectivity index (χ0n) is 18.6. The van der Waals surface area contributed by atoms with Crippen molar-refractivity contribution in [1.29, 1.82) is 0 Å². The number of aromatic amines is 2. The lowest BCUT2D eigenvalue weighted by Crippen LogP contribution is -2.04. The van der Waals surface area contributed by atoms with Gasteiger partial charge < -0.3 is 20.6 Å². The number of nitrogens with zero attached hydrogens (tertiary/aromatic N) is 1. The number of amides is 1. The van der Waals surface area contributed by atoms with Gasteiger partial charge in [-0.1, -0.05) is 18.2 Å². The van der Waals surface area contributed by atoms with Crippen molar-refractivity contribution >= 4 is 45.7 Å². The van der Waals surface area contributed by atoms with E-state index in [0.717, 1.165) is 34.8 Å². The Balaban J connectivity index is 1.26. The van der Waals surface area contributed by atoms with E-state index < -0.39 is 11.7 Å². The summed E-state index contributed by atoms with van der Waals surface area (Å²) in [7, 11) is 0. The smallest absolute Gasteiger partial charge is 0.362 e. The molecule has 1 amide bonds. The number of rotatable bonds is 4. The van der Waals surface area contributed by atoms with E-state index in [1.54, 1.807) is 18.3 Å². The number of anilines is 3. The molecular weight excluding hydrogens is 467 g/mol. The lowest BCUT2D eigenvalue weighted by Gasteiger charge is -2.08. The number of imidazole rings is 1. The maximum absolute atomic E-state index is 13.1. The summed E-state index contributed by atoms with van der Waals surface area (Å²) >= 11 is 0. The van der Waals surface area contributed by atoms with Crippen LogP contribution in [0.5, 0.6) is 0 Å². The maximum atomic E-state index is 13.1. The highest BCUT2D eigenvalue weighted by Crippen LogP contribution is 2.36. The predicted octanol–water partition coefficient (Wildman–Crippen LogP) is 6.81. The standard InChI is InChI=1S/C27H18F3N5O/c28-27(29,30)16-4-1-3-15(11-16)25-33-22-9-7-19(14-24(22)34-25)32-18-6-8-20-21(12-17-5-2-10-31-17)26(36)35-23(20)13-18/h1-14,31-32H,(H,33,34)(H,35,36). The van der Waals surface area contributed by atoms with Crippen molar-refractivity contribution in [2.45, 2.75) is 6.18 Å². The minimum atomic E-state index is -4.42. The molecule has 6 nitrogen and oxygen atoms in total. The Hall–Kier alpha value is -4.79. The lowest BCUT2D eigenvalue weighted by molar-refractivity contribution is -0.137. The van der Waals surface area contributed by atoms with E-state index in [4.69, 9.17) is 0 Å². The second kappa shape index (κ2) is 8.16. The molecule has 3 aromatic carbocycles. The topological polar surface area (TPSA) is 85.6 Å². The summed E-state index contributed by atoms with van der Waals surface area (Å²) in [5.41, 5.74) is 5.41. The summed E-state index contributed by atoms with van der Waals surface area (Å²) in [5, 5.41) is 6.20. The van der Waals surface area contributed by atoms with E-state index in [1.165, 1.54) is 6.07 Å². The minimum Gasteiger partial charge on any atom is -0.362 e. The molecule has 1 aliphatic heterocycles. The van der Waals surface area contributed by atoms with Gasteiger partial charge >= 0.3 is 6.18 Å². The highest BCUT2D eigenvalue weighted by molar-refractivity contribution is 6.35. The molecule has 0 unspecified atom stereocenters. The summed E-state index contributed by atoms with van der Waals surface area (Å²) in [4.78, 5) is 23.1. The molecule has 3 heterocycles. The Bertz CT molecular complexity index is 1650. The highest BCUT2D eigenvalue weighted by Gasteiger charge is 2.30. The van der Waals surface area contributed by atoms with Crippen LogP contribution in [0.3, 0.4) is 0 Å². The summed E-state index contributed by atoms with van der Waals surface area (Å²) < 4.78 is 39.3. The highest BCUT2D eigenvalue weighted by atomic mass is 19.4. The molecule has 2 aromatic heterocycles. The fraction of sp³-hybridized carbons (Fsp3) is 0.0370. The predicted molar refractivity (Wildman–Crippen MR) is 134 cm³/mol. The third-order valence-corrected chi connectivity index (χ3v) is 5.96. The first kappa shape index (κ1) is 21.7. The lowest BCUT2D eigenvalue weighted by atomic mass is 10.1. The molecule has 1 aliphatic rings. The summed E-state index contributed by atoms with van der Waals surface area (Å²) in [5.74, 6) is 0.188. The van der Waals surface area contributed by atoms with E-state index in [9.17, 15) is 18.0 Å². The van der Waals surface area contributed by atoms with Crippen LogP contribution >= 0.6 is 0 Å². The minimum absolute atomic E-state index is 0.169. The van der Waals surface area contributed by atoms with E-state index in [2.05, 4.69) is 25.6 Å². The van der Waals surface area contributed by atoms with Crippen LogP contribution in [0, 0.1) is 0 Å². The molecule has 9 heteroatoms. The van der Waals surface area contributed by atoms with E-state index in [-0.39, 0.29) is 5.91 Å². The normalized spacial score (nSPS) is 14.3.